The van der Waals surface area contributed by atoms with Crippen LogP contribution in [0.3, 0.4) is 0 Å². The fourth-order valence-corrected chi connectivity index (χ4v) is 9.17. The molecule has 57 heavy (non-hydrogen) atoms. The average Bonchev–Trinajstić information content (AvgIpc) is 3.02. The largest absolute Gasteiger partial charge is 0.427 e. The molecule has 4 aromatic carbocycles. The van der Waals surface area contributed by atoms with Gasteiger partial charge in [-0.15, -0.1) is 0 Å². The molecule has 1 aliphatic carbocycles. The van der Waals surface area contributed by atoms with E-state index < -0.39 is 35.6 Å². The summed E-state index contributed by atoms with van der Waals surface area (Å²) >= 11 is 0. The van der Waals surface area contributed by atoms with Crippen LogP contribution in [-0.4, -0.2) is 23.1 Å². The third-order valence-corrected chi connectivity index (χ3v) is 12.5. The number of hydrogen-bond acceptors (Lipinski definition) is 5. The second kappa shape index (κ2) is 14.8. The van der Waals surface area contributed by atoms with Crippen LogP contribution in [0.1, 0.15) is 175 Å². The topological polar surface area (TPSA) is 83.8 Å². The molecule has 308 valence electrons. The predicted octanol–water partition coefficient (Wildman–Crippen LogP) is 13.1. The molecule has 0 aromatic heterocycles. The minimum atomic E-state index is -2.84. The summed E-state index contributed by atoms with van der Waals surface area (Å²) in [6, 6.07) is 18.2. The van der Waals surface area contributed by atoms with E-state index in [4.69, 9.17) is 4.52 Å². The zero-order chi connectivity index (χ0) is 43.2. The second-order valence-electron chi connectivity index (χ2n) is 22.4. The first kappa shape index (κ1) is 44.8. The van der Waals surface area contributed by atoms with Crippen LogP contribution >= 0.6 is 8.60 Å². The summed E-state index contributed by atoms with van der Waals surface area (Å²) in [5.74, 6) is -0.574. The van der Waals surface area contributed by atoms with Crippen LogP contribution in [0.5, 0.6) is 0 Å². The highest BCUT2D eigenvalue weighted by atomic mass is 32.2. The summed E-state index contributed by atoms with van der Waals surface area (Å²) in [6.07, 6.45) is 3.17. The van der Waals surface area contributed by atoms with E-state index in [-0.39, 0.29) is 32.3 Å². The maximum absolute atomic E-state index is 13.6. The molecule has 1 unspecified atom stereocenters. The van der Waals surface area contributed by atoms with E-state index in [1.165, 1.54) is 22.3 Å². The van der Waals surface area contributed by atoms with Gasteiger partial charge < -0.3 is 14.3 Å². The number of hydrogen-bond donors (Lipinski definition) is 2. The summed E-state index contributed by atoms with van der Waals surface area (Å²) in [5.41, 5.74) is 7.76. The van der Waals surface area contributed by atoms with Gasteiger partial charge in [0.25, 0.3) is 0 Å². The molecular formula is C50H67O5PS. The van der Waals surface area contributed by atoms with Gasteiger partial charge in [0, 0.05) is 5.57 Å². The standard InChI is InChI=1S/C50H67O5PS/c1-45(2,3)31-21-29-23-37(47(7,8)9)35(27-33(29)39(25-31)49(13,14)15)43-41(55-56(51)52)19-20-42(57(53)54)44(43)36-28-34-30(24-38(36)48(10,11)12)22-32(46(4,5)6)26-40(34)50(16,17)18/h19-28,44,51-52H,1-18H3. The van der Waals surface area contributed by atoms with Crippen molar-refractivity contribution in [2.24, 2.45) is 0 Å². The second-order valence-corrected chi connectivity index (χ2v) is 24.0. The average molecular weight is 811 g/mol. The van der Waals surface area contributed by atoms with Crippen LogP contribution in [0.15, 0.2) is 66.4 Å². The molecule has 0 aliphatic heterocycles. The molecule has 0 radical (unpaired) electrons. The van der Waals surface area contributed by atoms with Gasteiger partial charge in [-0.25, -0.2) is 0 Å². The van der Waals surface area contributed by atoms with Crippen LogP contribution in [0.25, 0.3) is 27.1 Å². The van der Waals surface area contributed by atoms with Crippen LogP contribution in [0.2, 0.25) is 0 Å². The Labute approximate surface area is 346 Å². The Morgan fingerprint density at radius 3 is 1.32 bits per heavy atom. The van der Waals surface area contributed by atoms with E-state index in [1.54, 1.807) is 12.2 Å². The SMILES string of the molecule is CC(C)(C)c1cc(C(C)(C)C)c2cc(C3=C(OP(O)O)C=CC(=S(=O)=O)C3c3cc4c(C(C)(C)C)cc(C(C)(C)C)cc4cc3C(C)(C)C)c(C(C)(C)C)cc2c1. The van der Waals surface area contributed by atoms with Gasteiger partial charge in [0.1, 0.15) is 5.76 Å². The Morgan fingerprint density at radius 2 is 0.930 bits per heavy atom. The van der Waals surface area contributed by atoms with E-state index in [2.05, 4.69) is 173 Å². The van der Waals surface area contributed by atoms with Gasteiger partial charge in [0.2, 0.25) is 10.3 Å². The Kier molecular flexibility index (Phi) is 11.6. The highest BCUT2D eigenvalue weighted by molar-refractivity contribution is 7.73. The molecule has 0 spiro atoms. The lowest BCUT2D eigenvalue weighted by atomic mass is 9.69. The normalized spacial score (nSPS) is 16.4. The molecule has 4 aromatic rings. The molecule has 0 saturated carbocycles. The Bertz CT molecular complexity index is 2450. The fraction of sp³-hybridized carbons (Fsp3) is 0.500. The lowest BCUT2D eigenvalue weighted by Crippen LogP contribution is -2.26. The van der Waals surface area contributed by atoms with Crippen molar-refractivity contribution in [2.45, 2.75) is 163 Å². The molecule has 2 N–H and O–H groups in total. The summed E-state index contributed by atoms with van der Waals surface area (Å²) < 4.78 is 33.2. The van der Waals surface area contributed by atoms with Crippen molar-refractivity contribution in [3.05, 3.63) is 111 Å². The van der Waals surface area contributed by atoms with E-state index in [0.29, 0.717) is 5.57 Å². The van der Waals surface area contributed by atoms with Gasteiger partial charge in [-0.3, -0.25) is 0 Å². The quantitative estimate of drug-likeness (QED) is 0.158. The molecule has 7 heteroatoms. The molecule has 5 rings (SSSR count). The van der Waals surface area contributed by atoms with Gasteiger partial charge in [0.15, 0.2) is 0 Å². The van der Waals surface area contributed by atoms with E-state index in [1.807, 2.05) is 0 Å². The zero-order valence-corrected chi connectivity index (χ0v) is 39.5. The molecule has 0 bridgehead atoms. The third kappa shape index (κ3) is 9.15. The summed E-state index contributed by atoms with van der Waals surface area (Å²) in [4.78, 5) is 21.2. The maximum atomic E-state index is 13.6. The van der Waals surface area contributed by atoms with Crippen molar-refractivity contribution in [3.8, 4) is 0 Å². The predicted molar refractivity (Wildman–Crippen MR) is 245 cm³/mol. The van der Waals surface area contributed by atoms with Gasteiger partial charge in [0.05, 0.1) is 10.8 Å². The molecule has 1 aliphatic rings. The smallest absolute Gasteiger partial charge is 0.391 e. The lowest BCUT2D eigenvalue weighted by Gasteiger charge is -2.35. The van der Waals surface area contributed by atoms with Crippen molar-refractivity contribution in [1.29, 1.82) is 0 Å². The van der Waals surface area contributed by atoms with Crippen LogP contribution in [0, 0.1) is 0 Å². The minimum absolute atomic E-state index is 0.0853. The monoisotopic (exact) mass is 810 g/mol. The first-order valence-electron chi connectivity index (χ1n) is 20.2. The number of rotatable bonds is 4. The molecule has 0 fully saturated rings. The van der Waals surface area contributed by atoms with E-state index in [9.17, 15) is 18.2 Å². The van der Waals surface area contributed by atoms with Crippen molar-refractivity contribution >= 4 is 50.9 Å². The van der Waals surface area contributed by atoms with Gasteiger partial charge in [-0.1, -0.05) is 155 Å². The van der Waals surface area contributed by atoms with Crippen molar-refractivity contribution < 1.29 is 22.7 Å². The van der Waals surface area contributed by atoms with E-state index >= 15 is 0 Å². The molecule has 0 heterocycles. The first-order chi connectivity index (χ1) is 25.7. The Hall–Kier alpha value is -3.28. The summed E-state index contributed by atoms with van der Waals surface area (Å²) in [6.45, 7) is 39.8. The van der Waals surface area contributed by atoms with Crippen molar-refractivity contribution in [1.82, 2.24) is 0 Å². The Morgan fingerprint density at radius 1 is 0.509 bits per heavy atom. The third-order valence-electron chi connectivity index (χ3n) is 11.4. The first-order valence-corrected chi connectivity index (χ1v) is 22.5. The highest BCUT2D eigenvalue weighted by Crippen LogP contribution is 2.51. The summed E-state index contributed by atoms with van der Waals surface area (Å²) in [5, 5.41) is 4.36. The summed E-state index contributed by atoms with van der Waals surface area (Å²) in [7, 11) is -5.47. The molecule has 5 nitrogen and oxygen atoms in total. The van der Waals surface area contributed by atoms with Gasteiger partial charge in [-0.05, 0) is 129 Å². The van der Waals surface area contributed by atoms with Crippen molar-refractivity contribution in [3.63, 3.8) is 0 Å². The van der Waals surface area contributed by atoms with Gasteiger partial charge >= 0.3 is 8.60 Å². The lowest BCUT2D eigenvalue weighted by molar-refractivity contribution is 0.327. The van der Waals surface area contributed by atoms with Crippen LogP contribution < -0.4 is 0 Å². The molecule has 0 saturated heterocycles. The molecule has 0 amide bonds. The number of benzene rings is 4. The molecule has 1 atom stereocenters. The van der Waals surface area contributed by atoms with Crippen LogP contribution in [0.4, 0.5) is 0 Å². The van der Waals surface area contributed by atoms with Gasteiger partial charge in [-0.2, -0.15) is 8.42 Å². The van der Waals surface area contributed by atoms with Crippen LogP contribution in [-0.2, 0) is 47.3 Å². The fourth-order valence-electron chi connectivity index (χ4n) is 8.22. The van der Waals surface area contributed by atoms with Crippen molar-refractivity contribution in [2.75, 3.05) is 0 Å². The highest BCUT2D eigenvalue weighted by Gasteiger charge is 2.38. The molecular weight excluding hydrogens is 744 g/mol. The minimum Gasteiger partial charge on any atom is -0.427 e. The zero-order valence-electron chi connectivity index (χ0n) is 37.8. The maximum Gasteiger partial charge on any atom is 0.391 e. The van der Waals surface area contributed by atoms with E-state index in [0.717, 1.165) is 43.8 Å². The number of fused-ring (bicyclic) bond motifs is 2. The number of allylic oxidation sites excluding steroid dienone is 3. The Balaban J connectivity index is 2.07.